The smallest absolute Gasteiger partial charge is 0.323 e. The Labute approximate surface area is 93.3 Å². The van der Waals surface area contributed by atoms with Crippen molar-refractivity contribution in [2.24, 2.45) is 0 Å². The molecule has 2 fully saturated rings. The maximum atomic E-state index is 11.5. The van der Waals surface area contributed by atoms with E-state index >= 15 is 0 Å². The van der Waals surface area contributed by atoms with Crippen LogP contribution in [0.3, 0.4) is 0 Å². The van der Waals surface area contributed by atoms with E-state index in [2.05, 4.69) is 10.6 Å². The molecular weight excluding hydrogens is 212 g/mol. The fourth-order valence-corrected chi connectivity index (χ4v) is 1.88. The van der Waals surface area contributed by atoms with Crippen LogP contribution in [0, 0.1) is 0 Å². The molecular formula is C10H16N2O4. The molecule has 90 valence electrons. The van der Waals surface area contributed by atoms with Crippen molar-refractivity contribution in [1.82, 2.24) is 10.6 Å². The average Bonchev–Trinajstić information content (AvgIpc) is 2.15. The van der Waals surface area contributed by atoms with Gasteiger partial charge >= 0.3 is 11.9 Å². The third-order valence-corrected chi connectivity index (χ3v) is 3.06. The summed E-state index contributed by atoms with van der Waals surface area (Å²) >= 11 is 0. The first-order valence-electron chi connectivity index (χ1n) is 5.57. The second-order valence-electron chi connectivity index (χ2n) is 4.23. The standard InChI is InChI=1S/C10H16N2O4/c13-9(14)7-2-1-6(5-12-7)16-10(15)8-3-4-11-8/h6-8,11-12H,1-5H2,(H,13,14)/t6?,7-,8-/m0/s1. The van der Waals surface area contributed by atoms with Crippen molar-refractivity contribution in [3.63, 3.8) is 0 Å². The number of aliphatic carboxylic acids is 1. The second-order valence-corrected chi connectivity index (χ2v) is 4.23. The molecule has 2 aliphatic rings. The van der Waals surface area contributed by atoms with E-state index in [-0.39, 0.29) is 18.1 Å². The molecule has 0 spiro atoms. The van der Waals surface area contributed by atoms with Gasteiger partial charge in [-0.15, -0.1) is 0 Å². The maximum absolute atomic E-state index is 11.5. The fourth-order valence-electron chi connectivity index (χ4n) is 1.88. The lowest BCUT2D eigenvalue weighted by Gasteiger charge is -2.31. The zero-order chi connectivity index (χ0) is 11.5. The first kappa shape index (κ1) is 11.3. The predicted octanol–water partition coefficient (Wildman–Crippen LogP) is -0.903. The highest BCUT2D eigenvalue weighted by Crippen LogP contribution is 2.14. The zero-order valence-electron chi connectivity index (χ0n) is 8.94. The normalized spacial score (nSPS) is 33.9. The molecule has 6 heteroatoms. The molecule has 0 aliphatic carbocycles. The predicted molar refractivity (Wildman–Crippen MR) is 54.9 cm³/mol. The van der Waals surface area contributed by atoms with E-state index in [9.17, 15) is 9.59 Å². The number of carbonyl (C=O) groups excluding carboxylic acids is 1. The SMILES string of the molecule is O=C(O)[C@@H]1CCC(OC(=O)[C@@H]2CCN2)CN1. The van der Waals surface area contributed by atoms with Gasteiger partial charge in [0.15, 0.2) is 0 Å². The number of hydrogen-bond acceptors (Lipinski definition) is 5. The minimum Gasteiger partial charge on any atom is -0.480 e. The van der Waals surface area contributed by atoms with E-state index in [0.29, 0.717) is 19.4 Å². The van der Waals surface area contributed by atoms with Crippen LogP contribution in [0.5, 0.6) is 0 Å². The van der Waals surface area contributed by atoms with Crippen LogP contribution in [0.4, 0.5) is 0 Å². The fraction of sp³-hybridized carbons (Fsp3) is 0.800. The van der Waals surface area contributed by atoms with Gasteiger partial charge in [-0.1, -0.05) is 0 Å². The summed E-state index contributed by atoms with van der Waals surface area (Å²) in [5.74, 6) is -1.06. The number of hydrogen-bond donors (Lipinski definition) is 3. The van der Waals surface area contributed by atoms with E-state index in [4.69, 9.17) is 9.84 Å². The molecule has 3 N–H and O–H groups in total. The molecule has 2 rings (SSSR count). The van der Waals surface area contributed by atoms with Crippen LogP contribution >= 0.6 is 0 Å². The number of nitrogens with one attached hydrogen (secondary N) is 2. The summed E-state index contributed by atoms with van der Waals surface area (Å²) in [5.41, 5.74) is 0. The monoisotopic (exact) mass is 228 g/mol. The highest BCUT2D eigenvalue weighted by Gasteiger charge is 2.31. The molecule has 0 amide bonds. The van der Waals surface area contributed by atoms with Gasteiger partial charge in [0, 0.05) is 6.54 Å². The molecule has 0 aromatic heterocycles. The van der Waals surface area contributed by atoms with E-state index < -0.39 is 12.0 Å². The molecule has 0 bridgehead atoms. The zero-order valence-corrected chi connectivity index (χ0v) is 8.94. The van der Waals surface area contributed by atoms with Crippen LogP contribution in [-0.2, 0) is 14.3 Å². The van der Waals surface area contributed by atoms with Gasteiger partial charge in [0.2, 0.25) is 0 Å². The van der Waals surface area contributed by atoms with Crippen LogP contribution in [0.2, 0.25) is 0 Å². The van der Waals surface area contributed by atoms with Crippen molar-refractivity contribution in [1.29, 1.82) is 0 Å². The number of piperidine rings is 1. The third-order valence-electron chi connectivity index (χ3n) is 3.06. The summed E-state index contributed by atoms with van der Waals surface area (Å²) in [6.45, 7) is 1.29. The van der Waals surface area contributed by atoms with Crippen molar-refractivity contribution >= 4 is 11.9 Å². The van der Waals surface area contributed by atoms with Gasteiger partial charge in [0.1, 0.15) is 18.2 Å². The van der Waals surface area contributed by atoms with Crippen LogP contribution < -0.4 is 10.6 Å². The summed E-state index contributed by atoms with van der Waals surface area (Å²) in [7, 11) is 0. The lowest BCUT2D eigenvalue weighted by Crippen LogP contribution is -2.52. The molecule has 1 unspecified atom stereocenters. The van der Waals surface area contributed by atoms with E-state index in [1.807, 2.05) is 0 Å². The molecule has 2 saturated heterocycles. The topological polar surface area (TPSA) is 87.7 Å². The summed E-state index contributed by atoms with van der Waals surface area (Å²) in [4.78, 5) is 22.1. The molecule has 0 saturated carbocycles. The highest BCUT2D eigenvalue weighted by atomic mass is 16.5. The molecule has 6 nitrogen and oxygen atoms in total. The molecule has 0 radical (unpaired) electrons. The lowest BCUT2D eigenvalue weighted by molar-refractivity contribution is -0.155. The van der Waals surface area contributed by atoms with Crippen molar-refractivity contribution in [3.8, 4) is 0 Å². The summed E-state index contributed by atoms with van der Waals surface area (Å²) in [5, 5.41) is 14.6. The summed E-state index contributed by atoms with van der Waals surface area (Å²) < 4.78 is 5.27. The van der Waals surface area contributed by atoms with Gasteiger partial charge in [-0.05, 0) is 25.8 Å². The Morgan fingerprint density at radius 3 is 2.31 bits per heavy atom. The average molecular weight is 228 g/mol. The minimum atomic E-state index is -0.842. The number of carboxylic acids is 1. The molecule has 0 aromatic carbocycles. The van der Waals surface area contributed by atoms with Crippen LogP contribution in [0.1, 0.15) is 19.3 Å². The van der Waals surface area contributed by atoms with Crippen molar-refractivity contribution in [3.05, 3.63) is 0 Å². The van der Waals surface area contributed by atoms with Gasteiger partial charge < -0.3 is 20.5 Å². The maximum Gasteiger partial charge on any atom is 0.323 e. The number of carbonyl (C=O) groups is 2. The van der Waals surface area contributed by atoms with Crippen molar-refractivity contribution in [2.75, 3.05) is 13.1 Å². The summed E-state index contributed by atoms with van der Waals surface area (Å²) in [6, 6.07) is -0.658. The number of rotatable bonds is 3. The van der Waals surface area contributed by atoms with Crippen molar-refractivity contribution in [2.45, 2.75) is 37.5 Å². The molecule has 0 aromatic rings. The third kappa shape index (κ3) is 2.51. The van der Waals surface area contributed by atoms with E-state index in [1.54, 1.807) is 0 Å². The quantitative estimate of drug-likeness (QED) is 0.542. The van der Waals surface area contributed by atoms with Crippen LogP contribution in [0.15, 0.2) is 0 Å². The Morgan fingerprint density at radius 2 is 1.88 bits per heavy atom. The van der Waals surface area contributed by atoms with Gasteiger partial charge in [0.25, 0.3) is 0 Å². The Morgan fingerprint density at radius 1 is 1.12 bits per heavy atom. The van der Waals surface area contributed by atoms with Crippen molar-refractivity contribution < 1.29 is 19.4 Å². The molecule has 16 heavy (non-hydrogen) atoms. The number of ether oxygens (including phenoxy) is 1. The van der Waals surface area contributed by atoms with Gasteiger partial charge in [-0.25, -0.2) is 0 Å². The minimum absolute atomic E-state index is 0.155. The van der Waals surface area contributed by atoms with Gasteiger partial charge in [-0.3, -0.25) is 9.59 Å². The van der Waals surface area contributed by atoms with Crippen LogP contribution in [0.25, 0.3) is 0 Å². The largest absolute Gasteiger partial charge is 0.480 e. The molecule has 2 heterocycles. The number of esters is 1. The molecule has 2 aliphatic heterocycles. The summed E-state index contributed by atoms with van der Waals surface area (Å²) in [6.07, 6.45) is 1.76. The van der Waals surface area contributed by atoms with E-state index in [1.165, 1.54) is 0 Å². The lowest BCUT2D eigenvalue weighted by atomic mass is 10.0. The van der Waals surface area contributed by atoms with Gasteiger partial charge in [0.05, 0.1) is 0 Å². The van der Waals surface area contributed by atoms with Gasteiger partial charge in [-0.2, -0.15) is 0 Å². The first-order valence-corrected chi connectivity index (χ1v) is 5.57. The Hall–Kier alpha value is -1.14. The van der Waals surface area contributed by atoms with Crippen LogP contribution in [-0.4, -0.2) is 48.3 Å². The Bertz CT molecular complexity index is 283. The van der Waals surface area contributed by atoms with E-state index in [0.717, 1.165) is 13.0 Å². The Kier molecular flexibility index (Phi) is 3.40. The Balaban J connectivity index is 1.72. The first-order chi connectivity index (χ1) is 7.66. The number of carboxylic acid groups (broad SMARTS) is 1. The second kappa shape index (κ2) is 4.80. The molecule has 3 atom stereocenters. The highest BCUT2D eigenvalue weighted by molar-refractivity contribution is 5.77.